The van der Waals surface area contributed by atoms with Gasteiger partial charge in [0.2, 0.25) is 0 Å². The van der Waals surface area contributed by atoms with Crippen molar-refractivity contribution in [1.29, 1.82) is 0 Å². The topological polar surface area (TPSA) is 57.5 Å². The summed E-state index contributed by atoms with van der Waals surface area (Å²) in [5.41, 5.74) is 0. The highest BCUT2D eigenvalue weighted by atomic mass is 16.4. The van der Waals surface area contributed by atoms with Crippen LogP contribution in [0.5, 0.6) is 0 Å². The van der Waals surface area contributed by atoms with Crippen molar-refractivity contribution in [3.63, 3.8) is 0 Å². The van der Waals surface area contributed by atoms with E-state index in [0.29, 0.717) is 6.42 Å². The molecule has 2 atom stereocenters. The van der Waals surface area contributed by atoms with Crippen LogP contribution in [0.25, 0.3) is 0 Å². The van der Waals surface area contributed by atoms with Crippen molar-refractivity contribution in [2.45, 2.75) is 38.2 Å². The van der Waals surface area contributed by atoms with Gasteiger partial charge in [0, 0.05) is 6.42 Å². The Kier molecular flexibility index (Phi) is 2.88. The van der Waals surface area contributed by atoms with Crippen molar-refractivity contribution in [1.82, 2.24) is 0 Å². The first-order valence-electron chi connectivity index (χ1n) is 4.10. The van der Waals surface area contributed by atoms with Crippen LogP contribution in [-0.2, 0) is 4.79 Å². The number of aliphatic carboxylic acids is 1. The van der Waals surface area contributed by atoms with Crippen LogP contribution in [0, 0.1) is 5.92 Å². The lowest BCUT2D eigenvalue weighted by Gasteiger charge is -2.11. The summed E-state index contributed by atoms with van der Waals surface area (Å²) in [6, 6.07) is 0. The summed E-state index contributed by atoms with van der Waals surface area (Å²) in [5.74, 6) is -0.518. The fourth-order valence-corrected chi connectivity index (χ4v) is 1.66. The Morgan fingerprint density at radius 3 is 2.64 bits per heavy atom. The second-order valence-corrected chi connectivity index (χ2v) is 3.19. The van der Waals surface area contributed by atoms with Crippen LogP contribution in [0.15, 0.2) is 0 Å². The minimum absolute atomic E-state index is 0.196. The molecule has 0 aromatic rings. The molecule has 1 fully saturated rings. The van der Waals surface area contributed by atoms with Crippen LogP contribution in [0.3, 0.4) is 0 Å². The average Bonchev–Trinajstić information content (AvgIpc) is 2.31. The summed E-state index contributed by atoms with van der Waals surface area (Å²) in [6.45, 7) is 0. The molecule has 0 amide bonds. The molecule has 0 heterocycles. The smallest absolute Gasteiger partial charge is 0.303 e. The van der Waals surface area contributed by atoms with Crippen molar-refractivity contribution < 1.29 is 15.0 Å². The van der Waals surface area contributed by atoms with Gasteiger partial charge in [-0.3, -0.25) is 4.79 Å². The molecule has 11 heavy (non-hydrogen) atoms. The average molecular weight is 158 g/mol. The van der Waals surface area contributed by atoms with Gasteiger partial charge in [-0.1, -0.05) is 6.42 Å². The highest BCUT2D eigenvalue weighted by Crippen LogP contribution is 2.28. The maximum atomic E-state index is 10.2. The molecule has 2 N–H and O–H groups in total. The first kappa shape index (κ1) is 8.53. The highest BCUT2D eigenvalue weighted by Gasteiger charge is 2.25. The number of aliphatic hydroxyl groups excluding tert-OH is 1. The molecule has 1 aliphatic carbocycles. The van der Waals surface area contributed by atoms with Crippen LogP contribution in [0.4, 0.5) is 0 Å². The molecular weight excluding hydrogens is 144 g/mol. The van der Waals surface area contributed by atoms with E-state index in [1.165, 1.54) is 0 Å². The Labute approximate surface area is 66.0 Å². The number of aliphatic hydroxyl groups is 1. The van der Waals surface area contributed by atoms with Crippen LogP contribution in [0.2, 0.25) is 0 Å². The van der Waals surface area contributed by atoms with Crippen molar-refractivity contribution >= 4 is 5.97 Å². The summed E-state index contributed by atoms with van der Waals surface area (Å²) in [4.78, 5) is 10.2. The highest BCUT2D eigenvalue weighted by molar-refractivity contribution is 5.66. The molecule has 0 spiro atoms. The maximum absolute atomic E-state index is 10.2. The van der Waals surface area contributed by atoms with Gasteiger partial charge in [0.15, 0.2) is 0 Å². The minimum atomic E-state index is -0.760. The molecule has 1 aliphatic rings. The standard InChI is InChI=1S/C8H14O3/c9-7-3-1-2-6(7)4-5-8(10)11/h6-7,9H,1-5H2,(H,10,11)/t6-,7-/m1/s1. The SMILES string of the molecule is O=C(O)CC[C@H]1CCC[C@H]1O. The molecule has 0 saturated heterocycles. The van der Waals surface area contributed by atoms with Crippen LogP contribution in [0.1, 0.15) is 32.1 Å². The van der Waals surface area contributed by atoms with Gasteiger partial charge in [0.05, 0.1) is 6.10 Å². The van der Waals surface area contributed by atoms with E-state index in [0.717, 1.165) is 19.3 Å². The Bertz CT molecular complexity index is 144. The molecule has 3 nitrogen and oxygen atoms in total. The Morgan fingerprint density at radius 2 is 2.18 bits per heavy atom. The fraction of sp³-hybridized carbons (Fsp3) is 0.875. The van der Waals surface area contributed by atoms with Gasteiger partial charge in [-0.05, 0) is 25.2 Å². The second-order valence-electron chi connectivity index (χ2n) is 3.19. The molecule has 1 rings (SSSR count). The summed E-state index contributed by atoms with van der Waals surface area (Å²) in [6.07, 6.45) is 3.48. The zero-order valence-corrected chi connectivity index (χ0v) is 6.49. The van der Waals surface area contributed by atoms with E-state index in [1.54, 1.807) is 0 Å². The van der Waals surface area contributed by atoms with E-state index in [1.807, 2.05) is 0 Å². The van der Waals surface area contributed by atoms with Gasteiger partial charge in [-0.15, -0.1) is 0 Å². The first-order chi connectivity index (χ1) is 5.20. The van der Waals surface area contributed by atoms with Crippen molar-refractivity contribution in [2.24, 2.45) is 5.92 Å². The van der Waals surface area contributed by atoms with Crippen LogP contribution >= 0.6 is 0 Å². The third-order valence-corrected chi connectivity index (χ3v) is 2.35. The van der Waals surface area contributed by atoms with E-state index in [2.05, 4.69) is 0 Å². The zero-order valence-electron chi connectivity index (χ0n) is 6.49. The van der Waals surface area contributed by atoms with Gasteiger partial charge < -0.3 is 10.2 Å². The van der Waals surface area contributed by atoms with Gasteiger partial charge in [-0.2, -0.15) is 0 Å². The summed E-state index contributed by atoms with van der Waals surface area (Å²) < 4.78 is 0. The molecule has 1 saturated carbocycles. The van der Waals surface area contributed by atoms with Crippen molar-refractivity contribution in [3.05, 3.63) is 0 Å². The summed E-state index contributed by atoms with van der Waals surface area (Å²) >= 11 is 0. The normalized spacial score (nSPS) is 30.6. The number of hydrogen-bond acceptors (Lipinski definition) is 2. The lowest BCUT2D eigenvalue weighted by Crippen LogP contribution is -2.14. The molecule has 64 valence electrons. The lowest BCUT2D eigenvalue weighted by molar-refractivity contribution is -0.137. The quantitative estimate of drug-likeness (QED) is 0.644. The first-order valence-corrected chi connectivity index (χ1v) is 4.10. The number of carbonyl (C=O) groups is 1. The van der Waals surface area contributed by atoms with E-state index in [9.17, 15) is 9.90 Å². The fourth-order valence-electron chi connectivity index (χ4n) is 1.66. The molecule has 0 aromatic carbocycles. The molecule has 3 heteroatoms. The van der Waals surface area contributed by atoms with E-state index in [4.69, 9.17) is 5.11 Å². The van der Waals surface area contributed by atoms with E-state index >= 15 is 0 Å². The van der Waals surface area contributed by atoms with Gasteiger partial charge in [0.1, 0.15) is 0 Å². The monoisotopic (exact) mass is 158 g/mol. The maximum Gasteiger partial charge on any atom is 0.303 e. The van der Waals surface area contributed by atoms with Crippen LogP contribution in [-0.4, -0.2) is 22.3 Å². The Hall–Kier alpha value is -0.570. The van der Waals surface area contributed by atoms with E-state index < -0.39 is 5.97 Å². The Balaban J connectivity index is 2.20. The summed E-state index contributed by atoms with van der Waals surface area (Å²) in [5, 5.41) is 17.7. The van der Waals surface area contributed by atoms with Gasteiger partial charge >= 0.3 is 5.97 Å². The zero-order chi connectivity index (χ0) is 8.27. The molecule has 0 aromatic heterocycles. The minimum Gasteiger partial charge on any atom is -0.481 e. The number of carboxylic acids is 1. The van der Waals surface area contributed by atoms with E-state index in [-0.39, 0.29) is 18.4 Å². The van der Waals surface area contributed by atoms with Gasteiger partial charge in [-0.25, -0.2) is 0 Å². The third kappa shape index (κ3) is 2.50. The number of rotatable bonds is 3. The second kappa shape index (κ2) is 3.72. The van der Waals surface area contributed by atoms with Crippen molar-refractivity contribution in [3.8, 4) is 0 Å². The molecule has 0 radical (unpaired) electrons. The number of hydrogen-bond donors (Lipinski definition) is 2. The summed E-state index contributed by atoms with van der Waals surface area (Å²) in [7, 11) is 0. The largest absolute Gasteiger partial charge is 0.481 e. The predicted molar refractivity (Wildman–Crippen MR) is 40.2 cm³/mol. The molecule has 0 bridgehead atoms. The van der Waals surface area contributed by atoms with Crippen molar-refractivity contribution in [2.75, 3.05) is 0 Å². The Morgan fingerprint density at radius 1 is 1.45 bits per heavy atom. The van der Waals surface area contributed by atoms with Crippen LogP contribution < -0.4 is 0 Å². The molecule has 0 aliphatic heterocycles. The number of carboxylic acid groups (broad SMARTS) is 1. The molecule has 0 unspecified atom stereocenters. The molecular formula is C8H14O3. The predicted octanol–water partition coefficient (Wildman–Crippen LogP) is 1.01. The third-order valence-electron chi connectivity index (χ3n) is 2.35. The lowest BCUT2D eigenvalue weighted by atomic mass is 10.00. The van der Waals surface area contributed by atoms with Gasteiger partial charge in [0.25, 0.3) is 0 Å².